The molecule has 18 heavy (non-hydrogen) atoms. The number of benzene rings is 1. The predicted octanol–water partition coefficient (Wildman–Crippen LogP) is 4.71. The zero-order valence-electron chi connectivity index (χ0n) is 11.2. The molecule has 0 aliphatic carbocycles. The minimum atomic E-state index is 0.369. The Balaban J connectivity index is 3.17. The highest BCUT2D eigenvalue weighted by atomic mass is 15.2. The van der Waals surface area contributed by atoms with Crippen molar-refractivity contribution in [3.05, 3.63) is 79.6 Å². The van der Waals surface area contributed by atoms with Gasteiger partial charge in [-0.3, -0.25) is 0 Å². The van der Waals surface area contributed by atoms with Gasteiger partial charge >= 0.3 is 0 Å². The van der Waals surface area contributed by atoms with Gasteiger partial charge in [-0.2, -0.15) is 0 Å². The molecule has 0 heterocycles. The molecule has 0 aliphatic rings. The lowest BCUT2D eigenvalue weighted by molar-refractivity contribution is 0.764. The van der Waals surface area contributed by atoms with E-state index >= 15 is 0 Å². The lowest BCUT2D eigenvalue weighted by Crippen LogP contribution is -2.29. The summed E-state index contributed by atoms with van der Waals surface area (Å²) in [6.07, 6.45) is 9.57. The minimum Gasteiger partial charge on any atom is -0.339 e. The number of hydrogen-bond donors (Lipinski definition) is 0. The van der Waals surface area contributed by atoms with E-state index in [9.17, 15) is 0 Å². The third-order valence-corrected chi connectivity index (χ3v) is 2.52. The van der Waals surface area contributed by atoms with Crippen LogP contribution in [-0.2, 0) is 0 Å². The van der Waals surface area contributed by atoms with Gasteiger partial charge in [0.15, 0.2) is 0 Å². The second-order valence-electron chi connectivity index (χ2n) is 4.22. The fraction of sp³-hybridized carbons (Fsp3) is 0.176. The average molecular weight is 239 g/mol. The summed E-state index contributed by atoms with van der Waals surface area (Å²) in [7, 11) is 0. The van der Waals surface area contributed by atoms with Gasteiger partial charge < -0.3 is 4.90 Å². The van der Waals surface area contributed by atoms with Crippen molar-refractivity contribution >= 4 is 5.69 Å². The van der Waals surface area contributed by atoms with Gasteiger partial charge in [-0.1, -0.05) is 49.6 Å². The average Bonchev–Trinajstić information content (AvgIpc) is 2.37. The first-order valence-electron chi connectivity index (χ1n) is 6.16. The second kappa shape index (κ2) is 7.33. The number of allylic oxidation sites excluding steroid dienone is 5. The van der Waals surface area contributed by atoms with Crippen molar-refractivity contribution in [1.29, 1.82) is 0 Å². The topological polar surface area (TPSA) is 3.24 Å². The molecular formula is C17H21N. The summed E-state index contributed by atoms with van der Waals surface area (Å²) in [6, 6.07) is 10.7. The van der Waals surface area contributed by atoms with Crippen LogP contribution < -0.4 is 4.90 Å². The SMILES string of the molecule is C=C/C=C\C(=C/C=C)N(c1ccccc1)C(C)C. The van der Waals surface area contributed by atoms with Crippen LogP contribution in [0.3, 0.4) is 0 Å². The van der Waals surface area contributed by atoms with Crippen molar-refractivity contribution in [2.24, 2.45) is 0 Å². The van der Waals surface area contributed by atoms with Gasteiger partial charge in [0.25, 0.3) is 0 Å². The predicted molar refractivity (Wildman–Crippen MR) is 81.7 cm³/mol. The van der Waals surface area contributed by atoms with Gasteiger partial charge in [-0.05, 0) is 38.1 Å². The summed E-state index contributed by atoms with van der Waals surface area (Å²) in [5.74, 6) is 0. The Bertz CT molecular complexity index is 438. The van der Waals surface area contributed by atoms with Crippen LogP contribution in [0.25, 0.3) is 0 Å². The molecule has 1 heteroatoms. The third kappa shape index (κ3) is 3.77. The third-order valence-electron chi connectivity index (χ3n) is 2.52. The molecule has 0 radical (unpaired) electrons. The smallest absolute Gasteiger partial charge is 0.0413 e. The van der Waals surface area contributed by atoms with Crippen LogP contribution in [0.4, 0.5) is 5.69 Å². The summed E-state index contributed by atoms with van der Waals surface area (Å²) < 4.78 is 0. The fourth-order valence-corrected chi connectivity index (χ4v) is 1.84. The lowest BCUT2D eigenvalue weighted by Gasteiger charge is -2.30. The van der Waals surface area contributed by atoms with E-state index in [1.165, 1.54) is 5.69 Å². The van der Waals surface area contributed by atoms with Gasteiger partial charge in [0.2, 0.25) is 0 Å². The lowest BCUT2D eigenvalue weighted by atomic mass is 10.2. The zero-order valence-corrected chi connectivity index (χ0v) is 11.2. The molecule has 0 fully saturated rings. The van der Waals surface area contributed by atoms with Crippen LogP contribution in [0.2, 0.25) is 0 Å². The Kier molecular flexibility index (Phi) is 5.72. The number of hydrogen-bond acceptors (Lipinski definition) is 1. The van der Waals surface area contributed by atoms with Gasteiger partial charge in [0.05, 0.1) is 0 Å². The summed E-state index contributed by atoms with van der Waals surface area (Å²) in [5.41, 5.74) is 2.28. The standard InChI is InChI=1S/C17H21N/c1-5-7-12-16(11-6-2)18(15(3)4)17-13-9-8-10-14-17/h5-15H,1-2H2,3-4H3/b12-7-,16-11+. The molecule has 0 saturated carbocycles. The number of anilines is 1. The summed E-state index contributed by atoms with van der Waals surface area (Å²) in [5, 5.41) is 0. The van der Waals surface area contributed by atoms with Crippen molar-refractivity contribution in [1.82, 2.24) is 0 Å². The molecule has 0 amide bonds. The maximum Gasteiger partial charge on any atom is 0.0413 e. The Labute approximate surface area is 110 Å². The molecule has 0 saturated heterocycles. The van der Waals surface area contributed by atoms with Crippen LogP contribution in [0, 0.1) is 0 Å². The molecule has 0 spiro atoms. The molecule has 0 unspecified atom stereocenters. The van der Waals surface area contributed by atoms with E-state index in [4.69, 9.17) is 0 Å². The highest BCUT2D eigenvalue weighted by molar-refractivity contribution is 5.56. The van der Waals surface area contributed by atoms with Crippen LogP contribution >= 0.6 is 0 Å². The second-order valence-corrected chi connectivity index (χ2v) is 4.22. The summed E-state index contributed by atoms with van der Waals surface area (Å²) >= 11 is 0. The van der Waals surface area contributed by atoms with E-state index in [0.717, 1.165) is 5.70 Å². The normalized spacial score (nSPS) is 11.8. The Morgan fingerprint density at radius 1 is 1.11 bits per heavy atom. The highest BCUT2D eigenvalue weighted by Gasteiger charge is 2.12. The van der Waals surface area contributed by atoms with Gasteiger partial charge in [0.1, 0.15) is 0 Å². The first-order valence-corrected chi connectivity index (χ1v) is 6.16. The number of nitrogens with zero attached hydrogens (tertiary/aromatic N) is 1. The van der Waals surface area contributed by atoms with Crippen molar-refractivity contribution in [3.63, 3.8) is 0 Å². The van der Waals surface area contributed by atoms with Crippen molar-refractivity contribution in [2.45, 2.75) is 19.9 Å². The first-order chi connectivity index (χ1) is 8.70. The molecule has 1 aromatic carbocycles. The highest BCUT2D eigenvalue weighted by Crippen LogP contribution is 2.22. The van der Waals surface area contributed by atoms with Crippen molar-refractivity contribution in [2.75, 3.05) is 4.90 Å². The zero-order chi connectivity index (χ0) is 13.4. The molecule has 0 bridgehead atoms. The summed E-state index contributed by atoms with van der Waals surface area (Å²) in [6.45, 7) is 11.8. The van der Waals surface area contributed by atoms with E-state index in [1.807, 2.05) is 36.4 Å². The Morgan fingerprint density at radius 2 is 1.78 bits per heavy atom. The molecule has 1 rings (SSSR count). The van der Waals surface area contributed by atoms with Gasteiger partial charge in [-0.15, -0.1) is 0 Å². The quantitative estimate of drug-likeness (QED) is 0.650. The molecule has 94 valence electrons. The monoisotopic (exact) mass is 239 g/mol. The van der Waals surface area contributed by atoms with Crippen LogP contribution in [0.5, 0.6) is 0 Å². The Morgan fingerprint density at radius 3 is 2.28 bits per heavy atom. The largest absolute Gasteiger partial charge is 0.339 e. The molecule has 0 N–H and O–H groups in total. The van der Waals surface area contributed by atoms with E-state index in [0.29, 0.717) is 6.04 Å². The molecule has 0 atom stereocenters. The molecule has 0 aliphatic heterocycles. The Hall–Kier alpha value is -2.02. The molecule has 0 aromatic heterocycles. The van der Waals surface area contributed by atoms with Crippen molar-refractivity contribution in [3.8, 4) is 0 Å². The van der Waals surface area contributed by atoms with Gasteiger partial charge in [0, 0.05) is 17.4 Å². The van der Waals surface area contributed by atoms with Gasteiger partial charge in [-0.25, -0.2) is 0 Å². The number of rotatable bonds is 6. The molecule has 1 nitrogen and oxygen atoms in total. The van der Waals surface area contributed by atoms with E-state index in [-0.39, 0.29) is 0 Å². The maximum absolute atomic E-state index is 3.78. The fourth-order valence-electron chi connectivity index (χ4n) is 1.84. The van der Waals surface area contributed by atoms with E-state index in [2.05, 4.69) is 44.0 Å². The molecular weight excluding hydrogens is 218 g/mol. The van der Waals surface area contributed by atoms with E-state index in [1.54, 1.807) is 12.2 Å². The van der Waals surface area contributed by atoms with E-state index < -0.39 is 0 Å². The minimum absolute atomic E-state index is 0.369. The molecule has 1 aromatic rings. The first kappa shape index (κ1) is 14.0. The number of para-hydroxylation sites is 1. The van der Waals surface area contributed by atoms with Crippen LogP contribution in [0.15, 0.2) is 79.6 Å². The van der Waals surface area contributed by atoms with Crippen LogP contribution in [0.1, 0.15) is 13.8 Å². The van der Waals surface area contributed by atoms with Crippen LogP contribution in [-0.4, -0.2) is 6.04 Å². The summed E-state index contributed by atoms with van der Waals surface area (Å²) in [4.78, 5) is 2.27. The van der Waals surface area contributed by atoms with Crippen molar-refractivity contribution < 1.29 is 0 Å². The maximum atomic E-state index is 3.78.